The Labute approximate surface area is 158 Å². The quantitative estimate of drug-likeness (QED) is 0.641. The average Bonchev–Trinajstić information content (AvgIpc) is 2.98. The number of amides is 1. The molecule has 8 heteroatoms. The third kappa shape index (κ3) is 4.38. The van der Waals surface area contributed by atoms with Crippen LogP contribution in [0.3, 0.4) is 0 Å². The number of furan rings is 1. The molecular formula is C19H15ClFNO5. The van der Waals surface area contributed by atoms with Crippen LogP contribution >= 0.6 is 11.6 Å². The van der Waals surface area contributed by atoms with Crippen LogP contribution in [-0.4, -0.2) is 23.1 Å². The number of rotatable bonds is 5. The molecule has 140 valence electrons. The fourth-order valence-corrected chi connectivity index (χ4v) is 2.70. The Hall–Kier alpha value is -3.06. The lowest BCUT2D eigenvalue weighted by Crippen LogP contribution is -2.30. The van der Waals surface area contributed by atoms with E-state index in [0.717, 1.165) is 12.1 Å². The van der Waals surface area contributed by atoms with Crippen molar-refractivity contribution in [1.29, 1.82) is 0 Å². The van der Waals surface area contributed by atoms with E-state index in [0.29, 0.717) is 16.5 Å². The van der Waals surface area contributed by atoms with Gasteiger partial charge in [0.15, 0.2) is 6.10 Å². The van der Waals surface area contributed by atoms with Gasteiger partial charge in [-0.2, -0.15) is 0 Å². The van der Waals surface area contributed by atoms with Gasteiger partial charge in [-0.15, -0.1) is 0 Å². The number of hydrogen-bond donors (Lipinski definition) is 2. The summed E-state index contributed by atoms with van der Waals surface area (Å²) in [6.45, 7) is 1.41. The third-order valence-corrected chi connectivity index (χ3v) is 4.15. The lowest BCUT2D eigenvalue weighted by molar-refractivity contribution is -0.152. The fourth-order valence-electron chi connectivity index (χ4n) is 2.48. The third-order valence-electron chi connectivity index (χ3n) is 3.84. The van der Waals surface area contributed by atoms with Crippen LogP contribution in [0.5, 0.6) is 5.75 Å². The lowest BCUT2D eigenvalue weighted by atomic mass is 10.1. The normalized spacial score (nSPS) is 12.0. The molecule has 1 atom stereocenters. The molecule has 0 saturated carbocycles. The molecule has 0 bridgehead atoms. The number of benzene rings is 2. The number of phenols is 1. The summed E-state index contributed by atoms with van der Waals surface area (Å²) in [5, 5.41) is 12.6. The highest BCUT2D eigenvalue weighted by atomic mass is 35.5. The Balaban J connectivity index is 1.61. The van der Waals surface area contributed by atoms with E-state index < -0.39 is 23.8 Å². The maximum atomic E-state index is 13.0. The predicted octanol–water partition coefficient (Wildman–Crippen LogP) is 4.04. The van der Waals surface area contributed by atoms with Crippen molar-refractivity contribution in [2.24, 2.45) is 0 Å². The molecule has 0 aliphatic carbocycles. The van der Waals surface area contributed by atoms with Crippen LogP contribution in [0.15, 0.2) is 47.1 Å². The van der Waals surface area contributed by atoms with Crippen molar-refractivity contribution in [3.63, 3.8) is 0 Å². The first kappa shape index (κ1) is 18.7. The first-order valence-electron chi connectivity index (χ1n) is 7.98. The summed E-state index contributed by atoms with van der Waals surface area (Å²) in [5.41, 5.74) is 1.23. The Morgan fingerprint density at radius 3 is 2.81 bits per heavy atom. The van der Waals surface area contributed by atoms with Gasteiger partial charge in [0.05, 0.1) is 23.4 Å². The summed E-state index contributed by atoms with van der Waals surface area (Å²) in [4.78, 5) is 24.3. The highest BCUT2D eigenvalue weighted by Gasteiger charge is 2.20. The topological polar surface area (TPSA) is 88.8 Å². The number of carbonyl (C=O) groups excluding carboxylic acids is 2. The molecule has 0 aliphatic rings. The Morgan fingerprint density at radius 1 is 1.30 bits per heavy atom. The largest absolute Gasteiger partial charge is 0.508 e. The molecule has 1 aromatic heterocycles. The van der Waals surface area contributed by atoms with E-state index in [-0.39, 0.29) is 22.9 Å². The maximum absolute atomic E-state index is 13.0. The highest BCUT2D eigenvalue weighted by molar-refractivity contribution is 6.33. The van der Waals surface area contributed by atoms with E-state index in [9.17, 15) is 19.1 Å². The van der Waals surface area contributed by atoms with Crippen LogP contribution in [0.25, 0.3) is 11.0 Å². The summed E-state index contributed by atoms with van der Waals surface area (Å²) in [5.74, 6) is -1.70. The molecule has 1 amide bonds. The van der Waals surface area contributed by atoms with Crippen molar-refractivity contribution in [2.75, 3.05) is 5.32 Å². The molecule has 2 N–H and O–H groups in total. The molecule has 0 aliphatic heterocycles. The molecule has 2 aromatic carbocycles. The Bertz CT molecular complexity index is 1020. The number of carbonyl (C=O) groups is 2. The van der Waals surface area contributed by atoms with Crippen LogP contribution in [-0.2, 0) is 20.7 Å². The van der Waals surface area contributed by atoms with Gasteiger partial charge in [0.2, 0.25) is 0 Å². The monoisotopic (exact) mass is 391 g/mol. The molecule has 0 radical (unpaired) electrons. The maximum Gasteiger partial charge on any atom is 0.311 e. The number of phenolic OH excluding ortho intramolecular Hbond substituents is 1. The minimum Gasteiger partial charge on any atom is -0.508 e. The summed E-state index contributed by atoms with van der Waals surface area (Å²) in [6, 6.07) is 8.08. The second-order valence-corrected chi connectivity index (χ2v) is 6.27. The number of anilines is 1. The summed E-state index contributed by atoms with van der Waals surface area (Å²) >= 11 is 5.85. The van der Waals surface area contributed by atoms with E-state index in [2.05, 4.69) is 5.32 Å². The van der Waals surface area contributed by atoms with Crippen molar-refractivity contribution in [1.82, 2.24) is 0 Å². The highest BCUT2D eigenvalue weighted by Crippen LogP contribution is 2.26. The molecule has 0 unspecified atom stereocenters. The van der Waals surface area contributed by atoms with Gasteiger partial charge in [-0.3, -0.25) is 9.59 Å². The van der Waals surface area contributed by atoms with Crippen molar-refractivity contribution < 1.29 is 28.2 Å². The number of halogens is 2. The van der Waals surface area contributed by atoms with Crippen LogP contribution in [0, 0.1) is 5.82 Å². The summed E-state index contributed by atoms with van der Waals surface area (Å²) < 4.78 is 23.5. The van der Waals surface area contributed by atoms with Gasteiger partial charge in [0.25, 0.3) is 5.91 Å². The van der Waals surface area contributed by atoms with Gasteiger partial charge in [-0.25, -0.2) is 4.39 Å². The van der Waals surface area contributed by atoms with E-state index >= 15 is 0 Å². The average molecular weight is 392 g/mol. The van der Waals surface area contributed by atoms with Gasteiger partial charge in [0.1, 0.15) is 17.1 Å². The van der Waals surface area contributed by atoms with Gasteiger partial charge in [-0.1, -0.05) is 11.6 Å². The molecule has 3 rings (SSSR count). The summed E-state index contributed by atoms with van der Waals surface area (Å²) in [7, 11) is 0. The van der Waals surface area contributed by atoms with Crippen molar-refractivity contribution in [3.05, 3.63) is 59.1 Å². The van der Waals surface area contributed by atoms with Crippen molar-refractivity contribution in [3.8, 4) is 5.75 Å². The molecular weight excluding hydrogens is 377 g/mol. The molecule has 0 fully saturated rings. The predicted molar refractivity (Wildman–Crippen MR) is 97.2 cm³/mol. The first-order chi connectivity index (χ1) is 12.8. The minimum absolute atomic E-state index is 0.0370. The Kier molecular flexibility index (Phi) is 5.32. The van der Waals surface area contributed by atoms with Crippen LogP contribution in [0.2, 0.25) is 5.02 Å². The Morgan fingerprint density at radius 2 is 2.07 bits per heavy atom. The smallest absolute Gasteiger partial charge is 0.311 e. The molecule has 1 heterocycles. The SMILES string of the molecule is C[C@@H](OC(=O)Cc1coc2cc(O)ccc12)C(=O)Nc1ccc(F)cc1Cl. The van der Waals surface area contributed by atoms with Crippen molar-refractivity contribution >= 4 is 40.1 Å². The lowest BCUT2D eigenvalue weighted by Gasteiger charge is -2.14. The molecule has 27 heavy (non-hydrogen) atoms. The number of fused-ring (bicyclic) bond motifs is 1. The molecule has 0 saturated heterocycles. The molecule has 6 nitrogen and oxygen atoms in total. The van der Waals surface area contributed by atoms with E-state index in [1.165, 1.54) is 31.4 Å². The standard InChI is InChI=1S/C19H15ClFNO5/c1-10(19(25)22-16-5-2-12(21)7-15(16)20)27-18(24)6-11-9-26-17-8-13(23)3-4-14(11)17/h2-5,7-10,23H,6H2,1H3,(H,22,25)/t10-/m1/s1. The summed E-state index contributed by atoms with van der Waals surface area (Å²) in [6.07, 6.45) is 0.210. The molecule has 0 spiro atoms. The van der Waals surface area contributed by atoms with Gasteiger partial charge in [0, 0.05) is 17.0 Å². The molecule has 3 aromatic rings. The fraction of sp³-hybridized carbons (Fsp3) is 0.158. The number of ether oxygens (including phenoxy) is 1. The van der Waals surface area contributed by atoms with Crippen LogP contribution in [0.1, 0.15) is 12.5 Å². The number of hydrogen-bond acceptors (Lipinski definition) is 5. The van der Waals surface area contributed by atoms with E-state index in [1.807, 2.05) is 0 Å². The zero-order valence-corrected chi connectivity index (χ0v) is 14.9. The second-order valence-electron chi connectivity index (χ2n) is 5.86. The zero-order valence-electron chi connectivity index (χ0n) is 14.2. The first-order valence-corrected chi connectivity index (χ1v) is 8.36. The van der Waals surface area contributed by atoms with Crippen molar-refractivity contribution in [2.45, 2.75) is 19.4 Å². The van der Waals surface area contributed by atoms with Gasteiger partial charge >= 0.3 is 5.97 Å². The van der Waals surface area contributed by atoms with E-state index in [4.69, 9.17) is 20.8 Å². The number of esters is 1. The second kappa shape index (κ2) is 7.67. The van der Waals surface area contributed by atoms with Crippen LogP contribution < -0.4 is 5.32 Å². The minimum atomic E-state index is -1.08. The number of aromatic hydroxyl groups is 1. The van der Waals surface area contributed by atoms with Crippen LogP contribution in [0.4, 0.5) is 10.1 Å². The zero-order chi connectivity index (χ0) is 19.6. The van der Waals surface area contributed by atoms with Gasteiger partial charge in [-0.05, 0) is 37.3 Å². The van der Waals surface area contributed by atoms with Gasteiger partial charge < -0.3 is 19.6 Å². The number of nitrogens with one attached hydrogen (secondary N) is 1. The van der Waals surface area contributed by atoms with E-state index in [1.54, 1.807) is 6.07 Å².